The molecule has 3 rings (SSSR count). The molecule has 0 aliphatic heterocycles. The predicted molar refractivity (Wildman–Crippen MR) is 103 cm³/mol. The maximum absolute atomic E-state index is 12.5. The Balaban J connectivity index is 1.73. The first-order valence-corrected chi connectivity index (χ1v) is 8.93. The Hall–Kier alpha value is -2.47. The lowest BCUT2D eigenvalue weighted by Gasteiger charge is -2.14. The molecule has 1 unspecified atom stereocenters. The minimum Gasteiger partial charge on any atom is -0.497 e. The molecular weight excluding hydrogens is 334 g/mol. The van der Waals surface area contributed by atoms with E-state index in [-0.39, 0.29) is 11.2 Å². The molecule has 1 amide bonds. The molecule has 1 aromatic heterocycles. The smallest absolute Gasteiger partial charge is 0.237 e. The second-order valence-electron chi connectivity index (χ2n) is 5.94. The Morgan fingerprint density at radius 1 is 1.24 bits per heavy atom. The molecule has 0 aliphatic rings. The van der Waals surface area contributed by atoms with Gasteiger partial charge in [-0.05, 0) is 44.0 Å². The summed E-state index contributed by atoms with van der Waals surface area (Å²) in [5.41, 5.74) is 4.74. The summed E-state index contributed by atoms with van der Waals surface area (Å²) in [6.45, 7) is 5.86. The number of nitrogens with one attached hydrogen (secondary N) is 2. The summed E-state index contributed by atoms with van der Waals surface area (Å²) in [4.78, 5) is 20.3. The van der Waals surface area contributed by atoms with Gasteiger partial charge < -0.3 is 15.0 Å². The number of rotatable bonds is 5. The van der Waals surface area contributed by atoms with Gasteiger partial charge in [0, 0.05) is 11.8 Å². The maximum Gasteiger partial charge on any atom is 0.237 e. The van der Waals surface area contributed by atoms with Crippen molar-refractivity contribution in [1.29, 1.82) is 0 Å². The SMILES string of the molecule is COc1ccc2nc(SC(C)C(=O)Nc3c(C)cccc3C)[nH]c2c1. The van der Waals surface area contributed by atoms with Crippen molar-refractivity contribution >= 4 is 34.4 Å². The molecule has 0 aliphatic carbocycles. The lowest BCUT2D eigenvalue weighted by molar-refractivity contribution is -0.115. The number of imidazole rings is 1. The molecule has 0 bridgehead atoms. The van der Waals surface area contributed by atoms with Gasteiger partial charge in [-0.25, -0.2) is 4.98 Å². The highest BCUT2D eigenvalue weighted by molar-refractivity contribution is 8.00. The number of ether oxygens (including phenoxy) is 1. The van der Waals surface area contributed by atoms with E-state index in [2.05, 4.69) is 15.3 Å². The number of nitrogens with zero attached hydrogens (tertiary/aromatic N) is 1. The van der Waals surface area contributed by atoms with E-state index < -0.39 is 0 Å². The lowest BCUT2D eigenvalue weighted by Crippen LogP contribution is -2.23. The van der Waals surface area contributed by atoms with Crippen LogP contribution in [-0.2, 0) is 4.79 Å². The normalized spacial score (nSPS) is 12.2. The van der Waals surface area contributed by atoms with E-state index in [0.29, 0.717) is 5.16 Å². The van der Waals surface area contributed by atoms with Crippen molar-refractivity contribution in [2.24, 2.45) is 0 Å². The van der Waals surface area contributed by atoms with Gasteiger partial charge in [-0.3, -0.25) is 4.79 Å². The third-order valence-electron chi connectivity index (χ3n) is 4.05. The molecule has 2 aromatic carbocycles. The topological polar surface area (TPSA) is 67.0 Å². The number of carbonyl (C=O) groups is 1. The molecule has 0 radical (unpaired) electrons. The summed E-state index contributed by atoms with van der Waals surface area (Å²) in [6, 6.07) is 11.6. The predicted octanol–water partition coefficient (Wildman–Crippen LogP) is 4.31. The number of benzene rings is 2. The summed E-state index contributed by atoms with van der Waals surface area (Å²) in [5, 5.41) is 3.47. The molecule has 1 heterocycles. The van der Waals surface area contributed by atoms with Gasteiger partial charge in [0.2, 0.25) is 5.91 Å². The van der Waals surface area contributed by atoms with Gasteiger partial charge in [0.05, 0.1) is 23.4 Å². The van der Waals surface area contributed by atoms with Crippen LogP contribution in [0, 0.1) is 13.8 Å². The molecule has 0 saturated heterocycles. The first kappa shape index (κ1) is 17.4. The van der Waals surface area contributed by atoms with Crippen molar-refractivity contribution in [3.05, 3.63) is 47.5 Å². The Kier molecular flexibility index (Phi) is 4.99. The number of thioether (sulfide) groups is 1. The Morgan fingerprint density at radius 2 is 1.96 bits per heavy atom. The van der Waals surface area contributed by atoms with Crippen molar-refractivity contribution in [3.63, 3.8) is 0 Å². The fourth-order valence-corrected chi connectivity index (χ4v) is 3.43. The van der Waals surface area contributed by atoms with E-state index in [1.54, 1.807) is 7.11 Å². The van der Waals surface area contributed by atoms with Gasteiger partial charge in [-0.15, -0.1) is 0 Å². The van der Waals surface area contributed by atoms with E-state index in [0.717, 1.165) is 33.6 Å². The number of carbonyl (C=O) groups excluding carboxylic acids is 1. The van der Waals surface area contributed by atoms with Crippen molar-refractivity contribution in [2.45, 2.75) is 31.2 Å². The van der Waals surface area contributed by atoms with Crippen molar-refractivity contribution in [3.8, 4) is 5.75 Å². The number of aromatic amines is 1. The quantitative estimate of drug-likeness (QED) is 0.669. The number of para-hydroxylation sites is 1. The number of fused-ring (bicyclic) bond motifs is 1. The van der Waals surface area contributed by atoms with Crippen LogP contribution in [0.4, 0.5) is 5.69 Å². The van der Waals surface area contributed by atoms with Crippen molar-refractivity contribution in [1.82, 2.24) is 9.97 Å². The van der Waals surface area contributed by atoms with Crippen molar-refractivity contribution < 1.29 is 9.53 Å². The number of hydrogen-bond acceptors (Lipinski definition) is 4. The largest absolute Gasteiger partial charge is 0.497 e. The highest BCUT2D eigenvalue weighted by Gasteiger charge is 2.18. The summed E-state index contributed by atoms with van der Waals surface area (Å²) >= 11 is 1.40. The van der Waals surface area contributed by atoms with Crippen LogP contribution in [0.25, 0.3) is 11.0 Å². The van der Waals surface area contributed by atoms with E-state index in [1.165, 1.54) is 11.8 Å². The van der Waals surface area contributed by atoms with Gasteiger partial charge >= 0.3 is 0 Å². The van der Waals surface area contributed by atoms with Crippen LogP contribution >= 0.6 is 11.8 Å². The Bertz CT molecular complexity index is 900. The Morgan fingerprint density at radius 3 is 2.64 bits per heavy atom. The fraction of sp³-hybridized carbons (Fsp3) is 0.263. The number of amides is 1. The zero-order valence-electron chi connectivity index (χ0n) is 14.7. The molecular formula is C19H21N3O2S. The van der Waals surface area contributed by atoms with Crippen LogP contribution < -0.4 is 10.1 Å². The molecule has 5 nitrogen and oxygen atoms in total. The lowest BCUT2D eigenvalue weighted by atomic mass is 10.1. The average Bonchev–Trinajstić information content (AvgIpc) is 2.99. The monoisotopic (exact) mass is 355 g/mol. The van der Waals surface area contributed by atoms with Crippen LogP contribution in [0.5, 0.6) is 5.75 Å². The van der Waals surface area contributed by atoms with Gasteiger partial charge in [0.15, 0.2) is 5.16 Å². The van der Waals surface area contributed by atoms with Crippen LogP contribution in [0.15, 0.2) is 41.6 Å². The van der Waals surface area contributed by atoms with Gasteiger partial charge in [0.25, 0.3) is 0 Å². The highest BCUT2D eigenvalue weighted by Crippen LogP contribution is 2.27. The molecule has 1 atom stereocenters. The summed E-state index contributed by atoms with van der Waals surface area (Å²) in [6.07, 6.45) is 0. The molecule has 3 aromatic rings. The van der Waals surface area contributed by atoms with Gasteiger partial charge in [-0.1, -0.05) is 30.0 Å². The second-order valence-corrected chi connectivity index (χ2v) is 7.27. The first-order valence-electron chi connectivity index (χ1n) is 8.05. The van der Waals surface area contributed by atoms with Crippen LogP contribution in [0.2, 0.25) is 0 Å². The highest BCUT2D eigenvalue weighted by atomic mass is 32.2. The molecule has 6 heteroatoms. The number of H-pyrrole nitrogens is 1. The summed E-state index contributed by atoms with van der Waals surface area (Å²) < 4.78 is 5.22. The van der Waals surface area contributed by atoms with Crippen molar-refractivity contribution in [2.75, 3.05) is 12.4 Å². The zero-order valence-corrected chi connectivity index (χ0v) is 15.5. The zero-order chi connectivity index (χ0) is 18.0. The number of anilines is 1. The molecule has 0 saturated carbocycles. The van der Waals surface area contributed by atoms with Gasteiger partial charge in [-0.2, -0.15) is 0 Å². The molecule has 2 N–H and O–H groups in total. The third kappa shape index (κ3) is 3.79. The third-order valence-corrected chi connectivity index (χ3v) is 5.04. The first-order chi connectivity index (χ1) is 12.0. The number of hydrogen-bond donors (Lipinski definition) is 2. The van der Waals surface area contributed by atoms with Crippen LogP contribution in [0.1, 0.15) is 18.1 Å². The minimum atomic E-state index is -0.276. The van der Waals surface area contributed by atoms with E-state index in [1.807, 2.05) is 57.2 Å². The Labute approximate surface area is 151 Å². The minimum absolute atomic E-state index is 0.0413. The molecule has 0 fully saturated rings. The summed E-state index contributed by atoms with van der Waals surface area (Å²) in [5.74, 6) is 0.731. The summed E-state index contributed by atoms with van der Waals surface area (Å²) in [7, 11) is 1.63. The number of aryl methyl sites for hydroxylation is 2. The molecule has 0 spiro atoms. The van der Waals surface area contributed by atoms with E-state index >= 15 is 0 Å². The fourth-order valence-electron chi connectivity index (χ4n) is 2.61. The van der Waals surface area contributed by atoms with E-state index in [4.69, 9.17) is 4.74 Å². The number of aromatic nitrogens is 2. The second kappa shape index (κ2) is 7.19. The maximum atomic E-state index is 12.5. The van der Waals surface area contributed by atoms with Gasteiger partial charge in [0.1, 0.15) is 5.75 Å². The number of methoxy groups -OCH3 is 1. The molecule has 25 heavy (non-hydrogen) atoms. The average molecular weight is 355 g/mol. The van der Waals surface area contributed by atoms with E-state index in [9.17, 15) is 4.79 Å². The van der Waals surface area contributed by atoms with Crippen LogP contribution in [-0.4, -0.2) is 28.2 Å². The standard InChI is InChI=1S/C19H21N3O2S/c1-11-6-5-7-12(2)17(11)22-18(23)13(3)25-19-20-15-9-8-14(24-4)10-16(15)21-19/h5-10,13H,1-4H3,(H,20,21)(H,22,23). The van der Waals surface area contributed by atoms with Crippen LogP contribution in [0.3, 0.4) is 0 Å². The molecule has 130 valence electrons.